The zero-order chi connectivity index (χ0) is 21.8. The molecule has 0 aliphatic carbocycles. The zero-order valence-corrected chi connectivity index (χ0v) is 17.3. The molecule has 4 rings (SSSR count). The average molecular weight is 410 g/mol. The second-order valence-electron chi connectivity index (χ2n) is 7.09. The quantitative estimate of drug-likeness (QED) is 0.500. The Labute approximate surface area is 180 Å². The van der Waals surface area contributed by atoms with Crippen molar-refractivity contribution in [2.45, 2.75) is 13.8 Å². The van der Waals surface area contributed by atoms with E-state index in [2.05, 4.69) is 10.2 Å². The van der Waals surface area contributed by atoms with Crippen molar-refractivity contribution in [2.24, 2.45) is 5.10 Å². The number of aromatic nitrogens is 2. The maximum atomic E-state index is 12.7. The molecular weight excluding hydrogens is 388 g/mol. The van der Waals surface area contributed by atoms with Crippen molar-refractivity contribution in [1.29, 1.82) is 0 Å². The molecule has 3 aromatic rings. The fourth-order valence-corrected chi connectivity index (χ4v) is 3.34. The number of allylic oxidation sites excluding steroid dienone is 4. The van der Waals surface area contributed by atoms with E-state index in [-0.39, 0.29) is 11.5 Å². The molecule has 154 valence electrons. The van der Waals surface area contributed by atoms with E-state index in [0.29, 0.717) is 16.8 Å². The lowest BCUT2D eigenvalue weighted by molar-refractivity contribution is -0.114. The van der Waals surface area contributed by atoms with Crippen LogP contribution in [-0.2, 0) is 4.79 Å². The lowest BCUT2D eigenvalue weighted by atomic mass is 10.1. The molecule has 1 aliphatic heterocycles. The fourth-order valence-electron chi connectivity index (χ4n) is 3.34. The van der Waals surface area contributed by atoms with Crippen molar-refractivity contribution < 1.29 is 4.79 Å². The van der Waals surface area contributed by atoms with Gasteiger partial charge in [0.1, 0.15) is 0 Å². The van der Waals surface area contributed by atoms with Crippen LogP contribution in [0.1, 0.15) is 18.2 Å². The van der Waals surface area contributed by atoms with Crippen LogP contribution in [0, 0.1) is 6.92 Å². The van der Waals surface area contributed by atoms with Gasteiger partial charge in [0.15, 0.2) is 0 Å². The van der Waals surface area contributed by atoms with Gasteiger partial charge >= 0.3 is 0 Å². The molecule has 1 N–H and O–H groups in total. The minimum Gasteiger partial charge on any atom is -0.295 e. The number of nitrogens with one attached hydrogen (secondary N) is 1. The number of hydrogen-bond acceptors (Lipinski definition) is 3. The SMILES string of the molecule is CC1=NN(c2ccccc2)C(=O)C1=C/C=C/C=C/c1c(C)[nH]n(-c2ccccc2)c1=O. The number of para-hydroxylation sites is 2. The maximum absolute atomic E-state index is 12.7. The Morgan fingerprint density at radius 3 is 2.16 bits per heavy atom. The minimum absolute atomic E-state index is 0.112. The molecular formula is C25H22N4O2. The summed E-state index contributed by atoms with van der Waals surface area (Å²) in [7, 11) is 0. The normalized spacial score (nSPS) is 15.5. The third kappa shape index (κ3) is 4.09. The van der Waals surface area contributed by atoms with E-state index in [0.717, 1.165) is 17.1 Å². The molecule has 0 spiro atoms. The molecule has 0 saturated heterocycles. The first kappa shape index (κ1) is 20.1. The highest BCUT2D eigenvalue weighted by Gasteiger charge is 2.27. The fraction of sp³-hybridized carbons (Fsp3) is 0.0800. The largest absolute Gasteiger partial charge is 0.295 e. The van der Waals surface area contributed by atoms with Crippen LogP contribution >= 0.6 is 0 Å². The smallest absolute Gasteiger partial charge is 0.280 e. The summed E-state index contributed by atoms with van der Waals surface area (Å²) in [5, 5.41) is 8.86. The number of hydrogen-bond donors (Lipinski definition) is 1. The summed E-state index contributed by atoms with van der Waals surface area (Å²) in [6.07, 6.45) is 8.84. The Morgan fingerprint density at radius 2 is 1.48 bits per heavy atom. The number of hydrazone groups is 1. The predicted octanol–water partition coefficient (Wildman–Crippen LogP) is 4.39. The zero-order valence-electron chi connectivity index (χ0n) is 17.3. The van der Waals surface area contributed by atoms with Gasteiger partial charge in [-0.1, -0.05) is 54.6 Å². The Hall–Kier alpha value is -4.19. The number of aryl methyl sites for hydroxylation is 1. The molecule has 0 radical (unpaired) electrons. The van der Waals surface area contributed by atoms with Crippen molar-refractivity contribution in [3.63, 3.8) is 0 Å². The van der Waals surface area contributed by atoms with E-state index in [1.54, 1.807) is 30.4 Å². The molecule has 1 aliphatic rings. The highest BCUT2D eigenvalue weighted by molar-refractivity contribution is 6.29. The summed E-state index contributed by atoms with van der Waals surface area (Å²) in [5.41, 5.74) is 3.98. The molecule has 2 aromatic carbocycles. The Kier molecular flexibility index (Phi) is 5.62. The molecule has 6 heteroatoms. The van der Waals surface area contributed by atoms with Gasteiger partial charge in [-0.3, -0.25) is 14.7 Å². The summed E-state index contributed by atoms with van der Waals surface area (Å²) in [4.78, 5) is 25.4. The van der Waals surface area contributed by atoms with Gasteiger partial charge in [0.05, 0.1) is 28.2 Å². The number of benzene rings is 2. The van der Waals surface area contributed by atoms with Crippen LogP contribution in [0.2, 0.25) is 0 Å². The molecule has 1 amide bonds. The van der Waals surface area contributed by atoms with Crippen LogP contribution in [0.25, 0.3) is 11.8 Å². The van der Waals surface area contributed by atoms with Crippen LogP contribution in [0.15, 0.2) is 100 Å². The number of anilines is 1. The third-order valence-corrected chi connectivity index (χ3v) is 4.94. The first-order valence-electron chi connectivity index (χ1n) is 9.93. The molecule has 0 fully saturated rings. The monoisotopic (exact) mass is 410 g/mol. The van der Waals surface area contributed by atoms with Crippen LogP contribution in [-0.4, -0.2) is 21.4 Å². The highest BCUT2D eigenvalue weighted by Crippen LogP contribution is 2.23. The van der Waals surface area contributed by atoms with E-state index in [4.69, 9.17) is 0 Å². The third-order valence-electron chi connectivity index (χ3n) is 4.94. The van der Waals surface area contributed by atoms with Gasteiger partial charge in [-0.2, -0.15) is 10.1 Å². The van der Waals surface area contributed by atoms with E-state index >= 15 is 0 Å². The number of aromatic amines is 1. The van der Waals surface area contributed by atoms with Crippen molar-refractivity contribution in [1.82, 2.24) is 9.78 Å². The summed E-state index contributed by atoms with van der Waals surface area (Å²) in [6, 6.07) is 18.8. The van der Waals surface area contributed by atoms with Crippen LogP contribution in [0.4, 0.5) is 5.69 Å². The van der Waals surface area contributed by atoms with Gasteiger partial charge in [0.2, 0.25) is 0 Å². The van der Waals surface area contributed by atoms with Crippen molar-refractivity contribution in [2.75, 3.05) is 5.01 Å². The van der Waals surface area contributed by atoms with Gasteiger partial charge in [-0.05, 0) is 50.3 Å². The Bertz CT molecular complexity index is 1280. The molecule has 0 atom stereocenters. The van der Waals surface area contributed by atoms with Gasteiger partial charge in [-0.15, -0.1) is 0 Å². The molecule has 31 heavy (non-hydrogen) atoms. The number of carbonyl (C=O) groups is 1. The second kappa shape index (κ2) is 8.67. The molecule has 1 aromatic heterocycles. The van der Waals surface area contributed by atoms with Crippen molar-refractivity contribution in [3.8, 4) is 5.69 Å². The van der Waals surface area contributed by atoms with Crippen LogP contribution in [0.5, 0.6) is 0 Å². The van der Waals surface area contributed by atoms with Crippen LogP contribution in [0.3, 0.4) is 0 Å². The van der Waals surface area contributed by atoms with E-state index in [1.165, 1.54) is 9.69 Å². The summed E-state index contributed by atoms with van der Waals surface area (Å²) in [6.45, 7) is 3.67. The van der Waals surface area contributed by atoms with E-state index in [9.17, 15) is 9.59 Å². The number of nitrogens with zero attached hydrogens (tertiary/aromatic N) is 3. The van der Waals surface area contributed by atoms with Gasteiger partial charge in [0, 0.05) is 5.69 Å². The summed E-state index contributed by atoms with van der Waals surface area (Å²) in [5.74, 6) is -0.162. The minimum atomic E-state index is -0.162. The average Bonchev–Trinajstić information content (AvgIpc) is 3.24. The second-order valence-corrected chi connectivity index (χ2v) is 7.09. The highest BCUT2D eigenvalue weighted by atomic mass is 16.2. The molecule has 0 unspecified atom stereocenters. The van der Waals surface area contributed by atoms with Gasteiger partial charge in [0.25, 0.3) is 11.5 Å². The number of rotatable bonds is 5. The van der Waals surface area contributed by atoms with Gasteiger partial charge in [-0.25, -0.2) is 4.68 Å². The lowest BCUT2D eigenvalue weighted by Gasteiger charge is -2.10. The van der Waals surface area contributed by atoms with Gasteiger partial charge < -0.3 is 0 Å². The standard InChI is InChI=1S/C25H22N4O2/c1-18-22(24(30)28(26-18)20-12-6-3-7-13-20)16-10-5-11-17-23-19(2)27-29(25(23)31)21-14-8-4-9-15-21/h3-17,26H,1-2H3/b11-5+,16-10+,23-17?. The van der Waals surface area contributed by atoms with Crippen LogP contribution < -0.4 is 10.6 Å². The molecule has 2 heterocycles. The maximum Gasteiger partial charge on any atom is 0.280 e. The first-order chi connectivity index (χ1) is 15.1. The topological polar surface area (TPSA) is 70.5 Å². The summed E-state index contributed by atoms with van der Waals surface area (Å²) >= 11 is 0. The lowest BCUT2D eigenvalue weighted by Crippen LogP contribution is -2.21. The predicted molar refractivity (Wildman–Crippen MR) is 124 cm³/mol. The summed E-state index contributed by atoms with van der Waals surface area (Å²) < 4.78 is 1.52. The van der Waals surface area contributed by atoms with E-state index in [1.807, 2.05) is 74.5 Å². The number of amides is 1. The molecule has 0 bridgehead atoms. The van der Waals surface area contributed by atoms with E-state index < -0.39 is 0 Å². The Morgan fingerprint density at radius 1 is 0.839 bits per heavy atom. The molecule has 6 nitrogen and oxygen atoms in total. The van der Waals surface area contributed by atoms with Crippen molar-refractivity contribution in [3.05, 3.63) is 112 Å². The molecule has 0 saturated carbocycles. The van der Waals surface area contributed by atoms with Crippen molar-refractivity contribution >= 4 is 23.4 Å². The Balaban J connectivity index is 1.49. The first-order valence-corrected chi connectivity index (χ1v) is 9.93. The number of carbonyl (C=O) groups excluding carboxylic acids is 1. The number of H-pyrrole nitrogens is 1.